The van der Waals surface area contributed by atoms with Crippen molar-refractivity contribution in [3.63, 3.8) is 0 Å². The molecule has 3 N–H and O–H groups in total. The fourth-order valence-electron chi connectivity index (χ4n) is 0.614. The predicted octanol–water partition coefficient (Wildman–Crippen LogP) is -1.12. The van der Waals surface area contributed by atoms with Crippen molar-refractivity contribution >= 4 is 15.7 Å². The van der Waals surface area contributed by atoms with Crippen LogP contribution in [0.1, 0.15) is 13.8 Å². The van der Waals surface area contributed by atoms with Crippen LogP contribution in [-0.4, -0.2) is 38.4 Å². The third kappa shape index (κ3) is 4.23. The minimum absolute atomic E-state index is 0.198. The molecule has 0 aliphatic heterocycles. The monoisotopic (exact) mass is 208 g/mol. The number of rotatable bonds is 4. The fraction of sp³-hybridized carbons (Fsp3) is 0.857. The molecule has 0 saturated carbocycles. The van der Waals surface area contributed by atoms with E-state index in [9.17, 15) is 13.2 Å². The van der Waals surface area contributed by atoms with Crippen LogP contribution in [0.15, 0.2) is 0 Å². The molecule has 78 valence electrons. The van der Waals surface area contributed by atoms with Crippen LogP contribution in [-0.2, 0) is 14.6 Å². The Bertz CT molecular complexity index is 273. The lowest BCUT2D eigenvalue weighted by atomic mass is 10.3. The molecule has 0 rings (SSSR count). The molecule has 0 aliphatic carbocycles. The summed E-state index contributed by atoms with van der Waals surface area (Å²) < 4.78 is 21.9. The Hall–Kier alpha value is -0.620. The Balaban J connectivity index is 4.29. The predicted molar refractivity (Wildman–Crippen MR) is 51.0 cm³/mol. The summed E-state index contributed by atoms with van der Waals surface area (Å²) in [5.41, 5.74) is 5.27. The van der Waals surface area contributed by atoms with Gasteiger partial charge in [-0.3, -0.25) is 4.79 Å². The van der Waals surface area contributed by atoms with E-state index in [1.165, 1.54) is 6.92 Å². The summed E-state index contributed by atoms with van der Waals surface area (Å²) >= 11 is 0. The van der Waals surface area contributed by atoms with Gasteiger partial charge in [-0.2, -0.15) is 0 Å². The van der Waals surface area contributed by atoms with Gasteiger partial charge in [0.05, 0.1) is 0 Å². The van der Waals surface area contributed by atoms with Gasteiger partial charge in [-0.15, -0.1) is 0 Å². The van der Waals surface area contributed by atoms with E-state index in [-0.39, 0.29) is 6.04 Å². The van der Waals surface area contributed by atoms with Gasteiger partial charge in [-0.05, 0) is 13.8 Å². The summed E-state index contributed by atoms with van der Waals surface area (Å²) in [5.74, 6) is -0.500. The molecule has 13 heavy (non-hydrogen) atoms. The molecule has 1 amide bonds. The Morgan fingerprint density at radius 1 is 1.46 bits per heavy atom. The van der Waals surface area contributed by atoms with E-state index in [0.717, 1.165) is 6.26 Å². The van der Waals surface area contributed by atoms with Crippen LogP contribution < -0.4 is 11.1 Å². The number of sulfone groups is 1. The first-order valence-electron chi connectivity index (χ1n) is 3.98. The average molecular weight is 208 g/mol. The van der Waals surface area contributed by atoms with Gasteiger partial charge in [0.2, 0.25) is 5.91 Å². The van der Waals surface area contributed by atoms with E-state index in [2.05, 4.69) is 5.32 Å². The third-order valence-corrected chi connectivity index (χ3v) is 3.25. The van der Waals surface area contributed by atoms with Crippen molar-refractivity contribution in [1.29, 1.82) is 0 Å². The number of nitrogens with two attached hydrogens (primary N) is 1. The van der Waals surface area contributed by atoms with Crippen molar-refractivity contribution in [1.82, 2.24) is 5.32 Å². The zero-order valence-corrected chi connectivity index (χ0v) is 8.89. The minimum atomic E-state index is -3.31. The highest BCUT2D eigenvalue weighted by Crippen LogP contribution is 1.97. The van der Waals surface area contributed by atoms with Gasteiger partial charge < -0.3 is 11.1 Å². The van der Waals surface area contributed by atoms with Crippen LogP contribution >= 0.6 is 0 Å². The number of hydrogen-bond acceptors (Lipinski definition) is 4. The molecule has 0 saturated heterocycles. The molecule has 0 fully saturated rings. The smallest absolute Gasteiger partial charge is 0.238 e. The van der Waals surface area contributed by atoms with Crippen molar-refractivity contribution in [3.05, 3.63) is 0 Å². The zero-order chi connectivity index (χ0) is 10.6. The highest BCUT2D eigenvalue weighted by Gasteiger charge is 2.23. The Kier molecular flexibility index (Phi) is 4.35. The number of nitrogens with one attached hydrogen (secondary N) is 1. The van der Waals surface area contributed by atoms with Crippen LogP contribution in [0.4, 0.5) is 0 Å². The van der Waals surface area contributed by atoms with Crippen LogP contribution in [0.3, 0.4) is 0 Å². The van der Waals surface area contributed by atoms with E-state index < -0.39 is 21.0 Å². The first-order chi connectivity index (χ1) is 5.79. The van der Waals surface area contributed by atoms with Crippen molar-refractivity contribution in [2.75, 3.05) is 12.8 Å². The van der Waals surface area contributed by atoms with Crippen molar-refractivity contribution < 1.29 is 13.2 Å². The highest BCUT2D eigenvalue weighted by molar-refractivity contribution is 7.92. The third-order valence-electron chi connectivity index (χ3n) is 1.75. The fourth-order valence-corrected chi connectivity index (χ4v) is 1.07. The Morgan fingerprint density at radius 3 is 2.23 bits per heavy atom. The van der Waals surface area contributed by atoms with E-state index in [1.54, 1.807) is 6.92 Å². The number of carbonyl (C=O) groups is 1. The number of carbonyl (C=O) groups excluding carboxylic acids is 1. The van der Waals surface area contributed by atoms with Crippen LogP contribution in [0.25, 0.3) is 0 Å². The van der Waals surface area contributed by atoms with Gasteiger partial charge in [0, 0.05) is 18.8 Å². The van der Waals surface area contributed by atoms with Crippen molar-refractivity contribution in [2.24, 2.45) is 5.73 Å². The molecular weight excluding hydrogens is 192 g/mol. The summed E-state index contributed by atoms with van der Waals surface area (Å²) in [7, 11) is -3.31. The summed E-state index contributed by atoms with van der Waals surface area (Å²) in [6.45, 7) is 3.36. The maximum atomic E-state index is 11.2. The molecule has 1 unspecified atom stereocenters. The molecule has 6 heteroatoms. The molecule has 0 bridgehead atoms. The van der Waals surface area contributed by atoms with Gasteiger partial charge in [0.15, 0.2) is 9.84 Å². The van der Waals surface area contributed by atoms with Gasteiger partial charge in [-0.1, -0.05) is 0 Å². The second-order valence-electron chi connectivity index (χ2n) is 3.12. The second-order valence-corrected chi connectivity index (χ2v) is 5.48. The lowest BCUT2D eigenvalue weighted by Gasteiger charge is -2.14. The minimum Gasteiger partial charge on any atom is -0.351 e. The first-order valence-corrected chi connectivity index (χ1v) is 5.93. The van der Waals surface area contributed by atoms with E-state index in [4.69, 9.17) is 5.73 Å². The largest absolute Gasteiger partial charge is 0.351 e. The standard InChI is InChI=1S/C7H16N2O3S/c1-5(4-8)9-7(10)6(2)13(3,11)12/h5-6H,4,8H2,1-3H3,(H,9,10)/t5-,6?/m1/s1. The van der Waals surface area contributed by atoms with Crippen LogP contribution in [0, 0.1) is 0 Å². The maximum absolute atomic E-state index is 11.2. The summed E-state index contributed by atoms with van der Waals surface area (Å²) in [6.07, 6.45) is 1.03. The van der Waals surface area contributed by atoms with Crippen molar-refractivity contribution in [2.45, 2.75) is 25.1 Å². The van der Waals surface area contributed by atoms with Gasteiger partial charge >= 0.3 is 0 Å². The van der Waals surface area contributed by atoms with Crippen molar-refractivity contribution in [3.8, 4) is 0 Å². The van der Waals surface area contributed by atoms with Gasteiger partial charge in [0.25, 0.3) is 0 Å². The van der Waals surface area contributed by atoms with Gasteiger partial charge in [0.1, 0.15) is 5.25 Å². The van der Waals surface area contributed by atoms with Gasteiger partial charge in [-0.25, -0.2) is 8.42 Å². The quantitative estimate of drug-likeness (QED) is 0.612. The Labute approximate surface area is 78.6 Å². The molecule has 0 radical (unpaired) electrons. The van der Waals surface area contributed by atoms with E-state index >= 15 is 0 Å². The molecule has 0 aromatic carbocycles. The summed E-state index contributed by atoms with van der Waals surface area (Å²) in [5, 5.41) is 1.48. The average Bonchev–Trinajstić information content (AvgIpc) is 2.01. The molecule has 0 aromatic heterocycles. The number of amides is 1. The maximum Gasteiger partial charge on any atom is 0.238 e. The second kappa shape index (κ2) is 4.57. The van der Waals surface area contributed by atoms with Crippen LogP contribution in [0.2, 0.25) is 0 Å². The molecule has 2 atom stereocenters. The molecule has 0 aromatic rings. The summed E-state index contributed by atoms with van der Waals surface area (Å²) in [4.78, 5) is 11.2. The van der Waals surface area contributed by atoms with E-state index in [1.807, 2.05) is 0 Å². The normalized spacial score (nSPS) is 16.3. The topological polar surface area (TPSA) is 89.3 Å². The van der Waals surface area contributed by atoms with Crippen LogP contribution in [0.5, 0.6) is 0 Å². The highest BCUT2D eigenvalue weighted by atomic mass is 32.2. The number of hydrogen-bond donors (Lipinski definition) is 2. The molecular formula is C7H16N2O3S. The molecule has 0 aliphatic rings. The van der Waals surface area contributed by atoms with E-state index in [0.29, 0.717) is 6.54 Å². The Morgan fingerprint density at radius 2 is 1.92 bits per heavy atom. The zero-order valence-electron chi connectivity index (χ0n) is 8.07. The summed E-state index contributed by atoms with van der Waals surface area (Å²) in [6, 6.07) is -0.198. The molecule has 0 heterocycles. The molecule has 5 nitrogen and oxygen atoms in total. The molecule has 0 spiro atoms. The SMILES string of the molecule is CC(C(=O)N[C@H](C)CN)S(C)(=O)=O. The first kappa shape index (κ1) is 12.4. The lowest BCUT2D eigenvalue weighted by Crippen LogP contribution is -2.44. The lowest BCUT2D eigenvalue weighted by molar-refractivity contribution is -0.120.